The first-order valence-electron chi connectivity index (χ1n) is 8.10. The Bertz CT molecular complexity index is 686. The van der Waals surface area contributed by atoms with E-state index in [0.29, 0.717) is 12.4 Å². The van der Waals surface area contributed by atoms with Crippen LogP contribution in [0.25, 0.3) is 0 Å². The molecule has 0 spiro atoms. The van der Waals surface area contributed by atoms with E-state index in [1.807, 2.05) is 68.4 Å². The van der Waals surface area contributed by atoms with Gasteiger partial charge in [-0.15, -0.1) is 0 Å². The van der Waals surface area contributed by atoms with Crippen LogP contribution in [0.1, 0.15) is 18.1 Å². The van der Waals surface area contributed by atoms with Gasteiger partial charge in [0.1, 0.15) is 17.7 Å². The third-order valence-corrected chi connectivity index (χ3v) is 4.52. The topological polar surface area (TPSA) is 47.6 Å². The number of thioether (sulfide) groups is 1. The molecule has 2 aromatic rings. The van der Waals surface area contributed by atoms with Crippen LogP contribution in [0.5, 0.6) is 0 Å². The predicted octanol–water partition coefficient (Wildman–Crippen LogP) is 4.89. The summed E-state index contributed by atoms with van der Waals surface area (Å²) in [6, 6.07) is 17.6. The minimum Gasteiger partial charge on any atom is -0.496 e. The summed E-state index contributed by atoms with van der Waals surface area (Å²) in [4.78, 5) is 13.2. The van der Waals surface area contributed by atoms with Crippen LogP contribution in [-0.2, 0) is 16.1 Å². The van der Waals surface area contributed by atoms with Gasteiger partial charge in [0, 0.05) is 4.90 Å². The number of benzene rings is 2. The lowest BCUT2D eigenvalue weighted by Gasteiger charge is -2.20. The molecule has 0 heterocycles. The number of carbonyl (C=O) groups excluding carboxylic acids is 1. The molecular weight excluding hydrogens is 334 g/mol. The summed E-state index contributed by atoms with van der Waals surface area (Å²) in [5.74, 6) is 0.490. The lowest BCUT2D eigenvalue weighted by molar-refractivity contribution is 0.135. The molecule has 132 valence electrons. The van der Waals surface area contributed by atoms with Crippen molar-refractivity contribution in [3.63, 3.8) is 0 Å². The second-order valence-corrected chi connectivity index (χ2v) is 6.59. The molecule has 1 unspecified atom stereocenters. The first kappa shape index (κ1) is 18.9. The van der Waals surface area contributed by atoms with Crippen molar-refractivity contribution in [2.24, 2.45) is 0 Å². The Kier molecular flexibility index (Phi) is 7.41. The average Bonchev–Trinajstić information content (AvgIpc) is 2.62. The van der Waals surface area contributed by atoms with E-state index in [4.69, 9.17) is 9.47 Å². The van der Waals surface area contributed by atoms with Gasteiger partial charge >= 0.3 is 6.09 Å². The molecule has 1 amide bonds. The molecule has 1 atom stereocenters. The fourth-order valence-corrected chi connectivity index (χ4v) is 2.98. The van der Waals surface area contributed by atoms with Crippen molar-refractivity contribution < 1.29 is 14.3 Å². The quantitative estimate of drug-likeness (QED) is 0.415. The van der Waals surface area contributed by atoms with Crippen LogP contribution < -0.4 is 5.32 Å². The molecule has 0 aliphatic heterocycles. The van der Waals surface area contributed by atoms with Crippen molar-refractivity contribution in [2.45, 2.75) is 30.7 Å². The van der Waals surface area contributed by atoms with Gasteiger partial charge in [0.2, 0.25) is 0 Å². The molecule has 0 bridgehead atoms. The summed E-state index contributed by atoms with van der Waals surface area (Å²) in [7, 11) is 0. The summed E-state index contributed by atoms with van der Waals surface area (Å²) < 4.78 is 10.8. The maximum atomic E-state index is 12.1. The molecule has 0 saturated heterocycles. The van der Waals surface area contributed by atoms with Gasteiger partial charge in [-0.05, 0) is 31.5 Å². The summed E-state index contributed by atoms with van der Waals surface area (Å²) >= 11 is 1.46. The number of hydrogen-bond acceptors (Lipinski definition) is 4. The molecule has 0 saturated carbocycles. The predicted molar refractivity (Wildman–Crippen MR) is 101 cm³/mol. The average molecular weight is 357 g/mol. The zero-order valence-corrected chi connectivity index (χ0v) is 15.3. The van der Waals surface area contributed by atoms with Crippen molar-refractivity contribution >= 4 is 17.9 Å². The Morgan fingerprint density at radius 3 is 2.44 bits per heavy atom. The molecule has 2 rings (SSSR count). The smallest absolute Gasteiger partial charge is 0.408 e. The fourth-order valence-electron chi connectivity index (χ4n) is 2.06. The van der Waals surface area contributed by atoms with E-state index in [0.717, 1.165) is 10.5 Å². The first-order valence-corrected chi connectivity index (χ1v) is 8.98. The third-order valence-electron chi connectivity index (χ3n) is 3.36. The highest BCUT2D eigenvalue weighted by Crippen LogP contribution is 2.26. The first-order chi connectivity index (χ1) is 12.1. The molecule has 0 aliphatic carbocycles. The van der Waals surface area contributed by atoms with Crippen LogP contribution >= 0.6 is 11.8 Å². The normalized spacial score (nSPS) is 11.4. The van der Waals surface area contributed by atoms with Crippen molar-refractivity contribution in [1.82, 2.24) is 5.32 Å². The van der Waals surface area contributed by atoms with Crippen LogP contribution in [0, 0.1) is 6.92 Å². The van der Waals surface area contributed by atoms with Gasteiger partial charge in [-0.2, -0.15) is 0 Å². The zero-order chi connectivity index (χ0) is 18.1. The van der Waals surface area contributed by atoms with Crippen molar-refractivity contribution in [3.05, 3.63) is 78.1 Å². The number of nitrogens with one attached hydrogen (secondary N) is 1. The van der Waals surface area contributed by atoms with Gasteiger partial charge < -0.3 is 14.8 Å². The Morgan fingerprint density at radius 1 is 1.12 bits per heavy atom. The van der Waals surface area contributed by atoms with Gasteiger partial charge in [0.05, 0.1) is 6.61 Å². The van der Waals surface area contributed by atoms with E-state index in [-0.39, 0.29) is 6.61 Å². The van der Waals surface area contributed by atoms with Gasteiger partial charge in [-0.25, -0.2) is 4.79 Å². The summed E-state index contributed by atoms with van der Waals surface area (Å²) in [5, 5.41) is 2.39. The third kappa shape index (κ3) is 6.55. The monoisotopic (exact) mass is 357 g/mol. The molecular formula is C20H23NO3S. The molecule has 0 radical (unpaired) electrons. The molecule has 0 aliphatic rings. The summed E-state index contributed by atoms with van der Waals surface area (Å²) in [6.45, 7) is 8.54. The SMILES string of the molecule is C=C(OCC)C(NC(=O)OCc1ccccc1)Sc1ccc(C)cc1. The number of hydrogen-bond donors (Lipinski definition) is 1. The molecule has 4 nitrogen and oxygen atoms in total. The largest absolute Gasteiger partial charge is 0.496 e. The Hall–Kier alpha value is -2.40. The zero-order valence-electron chi connectivity index (χ0n) is 14.5. The van der Waals surface area contributed by atoms with Gasteiger partial charge in [-0.3, -0.25) is 0 Å². The Balaban J connectivity index is 1.96. The van der Waals surface area contributed by atoms with E-state index in [1.54, 1.807) is 0 Å². The van der Waals surface area contributed by atoms with Gasteiger partial charge in [0.15, 0.2) is 0 Å². The lowest BCUT2D eigenvalue weighted by atomic mass is 10.2. The molecule has 5 heteroatoms. The highest BCUT2D eigenvalue weighted by atomic mass is 32.2. The minimum atomic E-state index is -0.505. The standard InChI is InChI=1S/C20H23NO3S/c1-4-23-16(3)19(25-18-12-10-15(2)11-13-18)21-20(22)24-14-17-8-6-5-7-9-17/h5-13,19H,3-4,14H2,1-2H3,(H,21,22). The fraction of sp³-hybridized carbons (Fsp3) is 0.250. The van der Waals surface area contributed by atoms with Crippen LogP contribution in [0.4, 0.5) is 4.79 Å². The number of rotatable bonds is 8. The van der Waals surface area contributed by atoms with E-state index in [9.17, 15) is 4.79 Å². The van der Waals surface area contributed by atoms with Crippen LogP contribution in [0.3, 0.4) is 0 Å². The van der Waals surface area contributed by atoms with Crippen LogP contribution in [0.2, 0.25) is 0 Å². The Labute approximate surface area is 153 Å². The number of ether oxygens (including phenoxy) is 2. The summed E-state index contributed by atoms with van der Waals surface area (Å²) in [6.07, 6.45) is -0.505. The van der Waals surface area contributed by atoms with Crippen LogP contribution in [-0.4, -0.2) is 18.1 Å². The highest BCUT2D eigenvalue weighted by molar-refractivity contribution is 8.00. The van der Waals surface area contributed by atoms with Crippen molar-refractivity contribution in [3.8, 4) is 0 Å². The maximum absolute atomic E-state index is 12.1. The van der Waals surface area contributed by atoms with E-state index >= 15 is 0 Å². The highest BCUT2D eigenvalue weighted by Gasteiger charge is 2.19. The second-order valence-electron chi connectivity index (χ2n) is 5.42. The van der Waals surface area contributed by atoms with E-state index in [1.165, 1.54) is 17.3 Å². The minimum absolute atomic E-state index is 0.218. The molecule has 0 aromatic heterocycles. The molecule has 25 heavy (non-hydrogen) atoms. The second kappa shape index (κ2) is 9.79. The molecule has 0 fully saturated rings. The van der Waals surface area contributed by atoms with E-state index < -0.39 is 11.5 Å². The Morgan fingerprint density at radius 2 is 1.80 bits per heavy atom. The number of alkyl carbamates (subject to hydrolysis) is 1. The molecule has 2 aromatic carbocycles. The number of amides is 1. The van der Waals surface area contributed by atoms with Gasteiger partial charge in [0.25, 0.3) is 0 Å². The van der Waals surface area contributed by atoms with Crippen LogP contribution in [0.15, 0.2) is 71.8 Å². The van der Waals surface area contributed by atoms with E-state index in [2.05, 4.69) is 11.9 Å². The van der Waals surface area contributed by atoms with Crippen molar-refractivity contribution in [2.75, 3.05) is 6.61 Å². The lowest BCUT2D eigenvalue weighted by Crippen LogP contribution is -2.34. The molecule has 1 N–H and O–H groups in total. The number of carbonyl (C=O) groups is 1. The maximum Gasteiger partial charge on any atom is 0.408 e. The van der Waals surface area contributed by atoms with Gasteiger partial charge in [-0.1, -0.05) is 66.4 Å². The summed E-state index contributed by atoms with van der Waals surface area (Å²) in [5.41, 5.74) is 2.11. The van der Waals surface area contributed by atoms with Crippen molar-refractivity contribution in [1.29, 1.82) is 0 Å². The number of aryl methyl sites for hydroxylation is 1.